The van der Waals surface area contributed by atoms with Crippen LogP contribution in [0.25, 0.3) is 5.82 Å². The Morgan fingerprint density at radius 3 is 2.42 bits per heavy atom. The summed E-state index contributed by atoms with van der Waals surface area (Å²) < 4.78 is 1.74. The molecule has 2 N–H and O–H groups in total. The van der Waals surface area contributed by atoms with E-state index in [1.807, 2.05) is 39.8 Å². The van der Waals surface area contributed by atoms with Crippen LogP contribution in [0, 0.1) is 11.3 Å². The molecule has 0 saturated carbocycles. The highest BCUT2D eigenvalue weighted by atomic mass is 35.5. The van der Waals surface area contributed by atoms with Crippen LogP contribution in [-0.2, 0) is 10.4 Å². The van der Waals surface area contributed by atoms with Crippen LogP contribution in [0.5, 0.6) is 0 Å². The van der Waals surface area contributed by atoms with Gasteiger partial charge in [0.25, 0.3) is 5.91 Å². The monoisotopic (exact) mass is 509 g/mol. The number of aromatic nitrogens is 3. The van der Waals surface area contributed by atoms with E-state index >= 15 is 0 Å². The van der Waals surface area contributed by atoms with Gasteiger partial charge in [-0.25, -0.2) is 9.97 Å². The van der Waals surface area contributed by atoms with Crippen LogP contribution in [0.15, 0.2) is 61.3 Å². The van der Waals surface area contributed by atoms with Crippen molar-refractivity contribution in [3.8, 4) is 5.82 Å². The first-order chi connectivity index (χ1) is 17.0. The topological polar surface area (TPSA) is 100 Å². The lowest BCUT2D eigenvalue weighted by Crippen LogP contribution is -2.60. The van der Waals surface area contributed by atoms with E-state index in [9.17, 15) is 14.7 Å². The molecule has 2 amide bonds. The highest BCUT2D eigenvalue weighted by Crippen LogP contribution is 2.46. The van der Waals surface area contributed by atoms with E-state index in [0.717, 1.165) is 5.56 Å². The summed E-state index contributed by atoms with van der Waals surface area (Å²) in [6, 6.07) is 9.91. The van der Waals surface area contributed by atoms with Crippen molar-refractivity contribution in [3.05, 3.63) is 77.5 Å². The first-order valence-electron chi connectivity index (χ1n) is 12.0. The third-order valence-electron chi connectivity index (χ3n) is 7.08. The SMILES string of the molecule is CC(C)[C@@H](NC(=O)c1ccc(-n2ccnc2)nc1)C(=O)N1CC[C@](O)(c2ccc(Cl)cc2)C(C)(C)C1. The molecule has 4 rings (SSSR count). The summed E-state index contributed by atoms with van der Waals surface area (Å²) in [6.45, 7) is 8.45. The molecule has 9 heteroatoms. The third-order valence-corrected chi connectivity index (χ3v) is 7.33. The number of hydrogen-bond donors (Lipinski definition) is 2. The smallest absolute Gasteiger partial charge is 0.253 e. The zero-order chi connectivity index (χ0) is 26.1. The predicted molar refractivity (Wildman–Crippen MR) is 138 cm³/mol. The highest BCUT2D eigenvalue weighted by molar-refractivity contribution is 6.30. The molecule has 0 unspecified atom stereocenters. The number of aliphatic hydroxyl groups is 1. The fraction of sp³-hybridized carbons (Fsp3) is 0.407. The van der Waals surface area contributed by atoms with Gasteiger partial charge in [0.1, 0.15) is 18.2 Å². The summed E-state index contributed by atoms with van der Waals surface area (Å²) >= 11 is 6.04. The van der Waals surface area contributed by atoms with Gasteiger partial charge in [-0.1, -0.05) is 51.4 Å². The number of amides is 2. The van der Waals surface area contributed by atoms with Crippen molar-refractivity contribution in [1.82, 2.24) is 24.8 Å². The number of carbonyl (C=O) groups excluding carboxylic acids is 2. The minimum atomic E-state index is -1.10. The van der Waals surface area contributed by atoms with Gasteiger partial charge in [-0.15, -0.1) is 0 Å². The van der Waals surface area contributed by atoms with Gasteiger partial charge in [-0.3, -0.25) is 14.2 Å². The minimum Gasteiger partial charge on any atom is -0.384 e. The molecule has 190 valence electrons. The molecule has 0 radical (unpaired) electrons. The molecule has 0 bridgehead atoms. The highest BCUT2D eigenvalue weighted by Gasteiger charge is 2.50. The van der Waals surface area contributed by atoms with Crippen LogP contribution in [-0.4, -0.2) is 55.5 Å². The Labute approximate surface area is 216 Å². The lowest BCUT2D eigenvalue weighted by Gasteiger charge is -2.51. The van der Waals surface area contributed by atoms with Gasteiger partial charge < -0.3 is 15.3 Å². The molecular weight excluding hydrogens is 478 g/mol. The van der Waals surface area contributed by atoms with E-state index in [0.29, 0.717) is 35.9 Å². The van der Waals surface area contributed by atoms with E-state index < -0.39 is 17.1 Å². The molecular formula is C27H32ClN5O3. The van der Waals surface area contributed by atoms with Gasteiger partial charge in [0.05, 0.1) is 11.2 Å². The molecule has 1 aliphatic heterocycles. The first kappa shape index (κ1) is 25.9. The maximum Gasteiger partial charge on any atom is 0.253 e. The Balaban J connectivity index is 1.47. The number of piperidine rings is 1. The Kier molecular flexibility index (Phi) is 7.20. The molecule has 0 spiro atoms. The summed E-state index contributed by atoms with van der Waals surface area (Å²) in [6.07, 6.45) is 6.92. The Bertz CT molecular complexity index is 1210. The number of nitrogens with zero attached hydrogens (tertiary/aromatic N) is 4. The quantitative estimate of drug-likeness (QED) is 0.526. The standard InChI is InChI=1S/C27H32ClN5O3/c1-18(2)23(31-24(34)19-5-10-22(30-15-19)33-14-12-29-17-33)25(35)32-13-11-27(36,26(3,4)16-32)20-6-8-21(28)9-7-20/h5-10,12,14-15,17-18,23,36H,11,13,16H2,1-4H3,(H,31,34)/t23-,27+/m1/s1. The van der Waals surface area contributed by atoms with Gasteiger partial charge in [-0.2, -0.15) is 0 Å². The van der Waals surface area contributed by atoms with Crippen LogP contribution in [0.1, 0.15) is 50.0 Å². The lowest BCUT2D eigenvalue weighted by molar-refractivity contribution is -0.155. The normalized spacial score (nSPS) is 20.2. The second-order valence-electron chi connectivity index (χ2n) is 10.3. The van der Waals surface area contributed by atoms with Gasteiger partial charge in [0, 0.05) is 42.1 Å². The van der Waals surface area contributed by atoms with Crippen molar-refractivity contribution < 1.29 is 14.7 Å². The number of likely N-dealkylation sites (tertiary alicyclic amines) is 1. The Morgan fingerprint density at radius 1 is 1.14 bits per heavy atom. The van der Waals surface area contributed by atoms with Crippen molar-refractivity contribution in [2.75, 3.05) is 13.1 Å². The number of benzene rings is 1. The van der Waals surface area contributed by atoms with Crippen LogP contribution < -0.4 is 5.32 Å². The van der Waals surface area contributed by atoms with Crippen LogP contribution in [0.3, 0.4) is 0 Å². The number of nitrogens with one attached hydrogen (secondary N) is 1. The Hall–Kier alpha value is -3.23. The number of hydrogen-bond acceptors (Lipinski definition) is 5. The maximum atomic E-state index is 13.6. The fourth-order valence-electron chi connectivity index (χ4n) is 4.77. The van der Waals surface area contributed by atoms with E-state index in [1.54, 1.807) is 52.5 Å². The number of halogens is 1. The van der Waals surface area contributed by atoms with Gasteiger partial charge in [-0.05, 0) is 42.2 Å². The molecule has 1 aliphatic rings. The molecule has 1 saturated heterocycles. The van der Waals surface area contributed by atoms with Crippen molar-refractivity contribution in [2.45, 2.75) is 45.8 Å². The molecule has 3 aromatic rings. The number of pyridine rings is 1. The van der Waals surface area contributed by atoms with Gasteiger partial charge >= 0.3 is 0 Å². The zero-order valence-electron chi connectivity index (χ0n) is 21.0. The number of imidazole rings is 1. The summed E-state index contributed by atoms with van der Waals surface area (Å²) in [5.74, 6) is -0.00248. The molecule has 2 aromatic heterocycles. The summed E-state index contributed by atoms with van der Waals surface area (Å²) in [5.41, 5.74) is -0.571. The molecule has 0 aliphatic carbocycles. The average molecular weight is 510 g/mol. The van der Waals surface area contributed by atoms with Gasteiger partial charge in [0.2, 0.25) is 5.91 Å². The average Bonchev–Trinajstić information content (AvgIpc) is 3.39. The van der Waals surface area contributed by atoms with Crippen LogP contribution in [0.4, 0.5) is 0 Å². The van der Waals surface area contributed by atoms with Crippen molar-refractivity contribution in [3.63, 3.8) is 0 Å². The molecule has 1 fully saturated rings. The van der Waals surface area contributed by atoms with Crippen LogP contribution in [0.2, 0.25) is 5.02 Å². The number of carbonyl (C=O) groups is 2. The maximum absolute atomic E-state index is 13.6. The van der Waals surface area contributed by atoms with E-state index in [-0.39, 0.29) is 17.7 Å². The molecule has 36 heavy (non-hydrogen) atoms. The van der Waals surface area contributed by atoms with Crippen molar-refractivity contribution >= 4 is 23.4 Å². The molecule has 8 nitrogen and oxygen atoms in total. The van der Waals surface area contributed by atoms with E-state index in [4.69, 9.17) is 11.6 Å². The summed E-state index contributed by atoms with van der Waals surface area (Å²) in [5, 5.41) is 15.1. The van der Waals surface area contributed by atoms with Crippen molar-refractivity contribution in [1.29, 1.82) is 0 Å². The molecule has 2 atom stereocenters. The Morgan fingerprint density at radius 2 is 1.86 bits per heavy atom. The number of rotatable bonds is 6. The minimum absolute atomic E-state index is 0.125. The molecule has 3 heterocycles. The summed E-state index contributed by atoms with van der Waals surface area (Å²) in [7, 11) is 0. The molecule has 1 aromatic carbocycles. The van der Waals surface area contributed by atoms with Gasteiger partial charge in [0.15, 0.2) is 0 Å². The van der Waals surface area contributed by atoms with E-state index in [1.165, 1.54) is 6.20 Å². The van der Waals surface area contributed by atoms with Crippen molar-refractivity contribution in [2.24, 2.45) is 11.3 Å². The largest absolute Gasteiger partial charge is 0.384 e. The van der Waals surface area contributed by atoms with Crippen LogP contribution >= 0.6 is 11.6 Å². The lowest BCUT2D eigenvalue weighted by atomic mass is 9.66. The second-order valence-corrected chi connectivity index (χ2v) is 10.8. The predicted octanol–water partition coefficient (Wildman–Crippen LogP) is 3.82. The van der Waals surface area contributed by atoms with E-state index in [2.05, 4.69) is 15.3 Å². The first-order valence-corrected chi connectivity index (χ1v) is 12.4. The fourth-order valence-corrected chi connectivity index (χ4v) is 4.90. The third kappa shape index (κ3) is 5.01. The zero-order valence-corrected chi connectivity index (χ0v) is 21.7. The second kappa shape index (κ2) is 10.0. The summed E-state index contributed by atoms with van der Waals surface area (Å²) in [4.78, 5) is 36.7.